The predicted octanol–water partition coefficient (Wildman–Crippen LogP) is 4.91. The first-order valence-corrected chi connectivity index (χ1v) is 11.2. The standard InChI is InChI=1S/C24H39NO2/c1-7-12-27-19-14-16(3)22-21-15(2)13-18-23(4,11-9-20(26)25(18)6)17(21)8-10-24(19,22)5/h7,15-19,21-22H,1,8-14H2,2-6H3/t15-,16?,17?,18?,19-,21?,22?,23+,24+/m0/s1. The molecule has 1 heterocycles. The molecular weight excluding hydrogens is 334 g/mol. The third-order valence-corrected chi connectivity index (χ3v) is 9.58. The lowest BCUT2D eigenvalue weighted by Gasteiger charge is -2.64. The minimum Gasteiger partial charge on any atom is -0.374 e. The summed E-state index contributed by atoms with van der Waals surface area (Å²) in [6.45, 7) is 14.5. The van der Waals surface area contributed by atoms with Crippen molar-refractivity contribution in [1.29, 1.82) is 0 Å². The summed E-state index contributed by atoms with van der Waals surface area (Å²) < 4.78 is 6.30. The van der Waals surface area contributed by atoms with Crippen molar-refractivity contribution in [3.63, 3.8) is 0 Å². The van der Waals surface area contributed by atoms with E-state index in [4.69, 9.17) is 4.74 Å². The van der Waals surface area contributed by atoms with Gasteiger partial charge in [-0.05, 0) is 72.5 Å². The Morgan fingerprint density at radius 1 is 1.19 bits per heavy atom. The van der Waals surface area contributed by atoms with Crippen molar-refractivity contribution < 1.29 is 9.53 Å². The second-order valence-electron chi connectivity index (χ2n) is 10.8. The first-order chi connectivity index (χ1) is 12.7. The van der Waals surface area contributed by atoms with Gasteiger partial charge in [0.25, 0.3) is 0 Å². The number of likely N-dealkylation sites (tertiary alicyclic amines) is 1. The zero-order valence-corrected chi connectivity index (χ0v) is 18.0. The number of hydrogen-bond donors (Lipinski definition) is 0. The molecule has 1 saturated heterocycles. The van der Waals surface area contributed by atoms with Gasteiger partial charge in [0.05, 0.1) is 12.7 Å². The number of fused-ring (bicyclic) bond motifs is 5. The van der Waals surface area contributed by atoms with Gasteiger partial charge < -0.3 is 9.64 Å². The van der Waals surface area contributed by atoms with Gasteiger partial charge in [-0.2, -0.15) is 0 Å². The Morgan fingerprint density at radius 3 is 2.63 bits per heavy atom. The Kier molecular flexibility index (Phi) is 4.77. The predicted molar refractivity (Wildman–Crippen MR) is 109 cm³/mol. The second kappa shape index (κ2) is 6.61. The van der Waals surface area contributed by atoms with Crippen LogP contribution in [0.25, 0.3) is 0 Å². The molecule has 0 spiro atoms. The van der Waals surface area contributed by atoms with E-state index in [2.05, 4.69) is 46.2 Å². The highest BCUT2D eigenvalue weighted by Crippen LogP contribution is 2.67. The molecule has 1 amide bonds. The van der Waals surface area contributed by atoms with Crippen molar-refractivity contribution in [1.82, 2.24) is 4.90 Å². The fourth-order valence-electron chi connectivity index (χ4n) is 8.34. The van der Waals surface area contributed by atoms with Crippen LogP contribution in [-0.4, -0.2) is 36.6 Å². The average Bonchev–Trinajstić information content (AvgIpc) is 2.89. The molecule has 0 aromatic carbocycles. The molecule has 3 nitrogen and oxygen atoms in total. The molecule has 4 rings (SSSR count). The van der Waals surface area contributed by atoms with Crippen LogP contribution in [0.15, 0.2) is 12.7 Å². The van der Waals surface area contributed by atoms with Gasteiger partial charge in [0.15, 0.2) is 0 Å². The molecule has 5 unspecified atom stereocenters. The van der Waals surface area contributed by atoms with Crippen LogP contribution in [-0.2, 0) is 9.53 Å². The number of piperidine rings is 1. The van der Waals surface area contributed by atoms with Gasteiger partial charge in [-0.3, -0.25) is 4.79 Å². The molecule has 3 aliphatic carbocycles. The normalized spacial score (nSPS) is 52.1. The van der Waals surface area contributed by atoms with Crippen molar-refractivity contribution in [2.45, 2.75) is 78.4 Å². The van der Waals surface area contributed by atoms with Gasteiger partial charge in [0, 0.05) is 19.5 Å². The highest BCUT2D eigenvalue weighted by atomic mass is 16.5. The highest BCUT2D eigenvalue weighted by Gasteiger charge is 2.64. The van der Waals surface area contributed by atoms with Gasteiger partial charge in [-0.25, -0.2) is 0 Å². The zero-order valence-electron chi connectivity index (χ0n) is 18.0. The Bertz CT molecular complexity index is 618. The van der Waals surface area contributed by atoms with Crippen molar-refractivity contribution in [3.05, 3.63) is 12.7 Å². The van der Waals surface area contributed by atoms with E-state index in [-0.39, 0.29) is 0 Å². The summed E-state index contributed by atoms with van der Waals surface area (Å²) in [7, 11) is 2.06. The van der Waals surface area contributed by atoms with Crippen LogP contribution in [0.4, 0.5) is 0 Å². The summed E-state index contributed by atoms with van der Waals surface area (Å²) in [5.41, 5.74) is 0.596. The first-order valence-electron chi connectivity index (χ1n) is 11.2. The SMILES string of the molecule is C=CCO[C@H]1CC(C)C2C3C(CC[C@@]21C)[C@@]1(C)CCC(=O)N(C)C1C[C@@H]3C. The van der Waals surface area contributed by atoms with Crippen LogP contribution in [0, 0.1) is 40.4 Å². The molecule has 27 heavy (non-hydrogen) atoms. The smallest absolute Gasteiger partial charge is 0.222 e. The highest BCUT2D eigenvalue weighted by molar-refractivity contribution is 5.77. The maximum absolute atomic E-state index is 12.4. The van der Waals surface area contributed by atoms with E-state index in [1.54, 1.807) is 0 Å². The molecule has 3 heteroatoms. The van der Waals surface area contributed by atoms with Crippen LogP contribution in [0.5, 0.6) is 0 Å². The zero-order chi connectivity index (χ0) is 19.6. The fraction of sp³-hybridized carbons (Fsp3) is 0.875. The Labute approximate surface area is 165 Å². The third kappa shape index (κ3) is 2.67. The summed E-state index contributed by atoms with van der Waals surface area (Å²) in [6.07, 6.45) is 9.06. The van der Waals surface area contributed by atoms with Crippen LogP contribution in [0.3, 0.4) is 0 Å². The molecular formula is C24H39NO2. The fourth-order valence-corrected chi connectivity index (χ4v) is 8.34. The minimum absolute atomic E-state index is 0.293. The van der Waals surface area contributed by atoms with E-state index in [0.29, 0.717) is 41.4 Å². The molecule has 0 aromatic rings. The van der Waals surface area contributed by atoms with Gasteiger partial charge in [0.2, 0.25) is 5.91 Å². The van der Waals surface area contributed by atoms with Crippen molar-refractivity contribution in [2.24, 2.45) is 40.4 Å². The number of amides is 1. The van der Waals surface area contributed by atoms with E-state index < -0.39 is 0 Å². The lowest BCUT2D eigenvalue weighted by atomic mass is 9.44. The quantitative estimate of drug-likeness (QED) is 0.658. The number of ether oxygens (including phenoxy) is 1. The van der Waals surface area contributed by atoms with Crippen LogP contribution < -0.4 is 0 Å². The van der Waals surface area contributed by atoms with Gasteiger partial charge >= 0.3 is 0 Å². The van der Waals surface area contributed by atoms with Crippen molar-refractivity contribution in [2.75, 3.05) is 13.7 Å². The summed E-state index contributed by atoms with van der Waals surface area (Å²) >= 11 is 0. The first kappa shape index (κ1) is 19.5. The second-order valence-corrected chi connectivity index (χ2v) is 10.8. The molecule has 3 saturated carbocycles. The summed E-state index contributed by atoms with van der Waals surface area (Å²) in [6, 6.07) is 0.434. The lowest BCUT2D eigenvalue weighted by molar-refractivity contribution is -0.173. The summed E-state index contributed by atoms with van der Waals surface area (Å²) in [5, 5.41) is 0. The number of nitrogens with zero attached hydrogens (tertiary/aromatic N) is 1. The maximum Gasteiger partial charge on any atom is 0.222 e. The molecule has 0 aromatic heterocycles. The minimum atomic E-state index is 0.293. The van der Waals surface area contributed by atoms with E-state index in [9.17, 15) is 4.79 Å². The summed E-state index contributed by atoms with van der Waals surface area (Å²) in [5.74, 6) is 4.05. The molecule has 4 aliphatic rings. The van der Waals surface area contributed by atoms with Gasteiger partial charge in [-0.1, -0.05) is 33.8 Å². The van der Waals surface area contributed by atoms with E-state index in [1.165, 1.54) is 25.7 Å². The van der Waals surface area contributed by atoms with E-state index >= 15 is 0 Å². The topological polar surface area (TPSA) is 29.5 Å². The Hall–Kier alpha value is -0.830. The number of hydrogen-bond acceptors (Lipinski definition) is 2. The van der Waals surface area contributed by atoms with Crippen LogP contribution in [0.1, 0.15) is 66.2 Å². The van der Waals surface area contributed by atoms with Gasteiger partial charge in [-0.15, -0.1) is 6.58 Å². The third-order valence-electron chi connectivity index (χ3n) is 9.58. The number of rotatable bonds is 3. The summed E-state index contributed by atoms with van der Waals surface area (Å²) in [4.78, 5) is 14.5. The van der Waals surface area contributed by atoms with E-state index in [1.807, 2.05) is 6.08 Å². The number of carbonyl (C=O) groups is 1. The Morgan fingerprint density at radius 2 is 1.93 bits per heavy atom. The molecule has 0 N–H and O–H groups in total. The van der Waals surface area contributed by atoms with Crippen molar-refractivity contribution in [3.8, 4) is 0 Å². The molecule has 1 aliphatic heterocycles. The molecule has 152 valence electrons. The maximum atomic E-state index is 12.4. The van der Waals surface area contributed by atoms with Crippen LogP contribution in [0.2, 0.25) is 0 Å². The molecule has 0 bridgehead atoms. The lowest BCUT2D eigenvalue weighted by Crippen LogP contribution is -2.63. The van der Waals surface area contributed by atoms with Crippen molar-refractivity contribution >= 4 is 5.91 Å². The van der Waals surface area contributed by atoms with E-state index in [0.717, 1.165) is 36.5 Å². The van der Waals surface area contributed by atoms with Gasteiger partial charge in [0.1, 0.15) is 0 Å². The number of carbonyl (C=O) groups excluding carboxylic acids is 1. The molecule has 9 atom stereocenters. The monoisotopic (exact) mass is 373 g/mol. The largest absolute Gasteiger partial charge is 0.374 e. The average molecular weight is 374 g/mol. The molecule has 4 fully saturated rings. The van der Waals surface area contributed by atoms with Crippen LogP contribution >= 0.6 is 0 Å². The molecule has 0 radical (unpaired) electrons. The Balaban J connectivity index is 1.67.